The first-order chi connectivity index (χ1) is 9.65. The Morgan fingerprint density at radius 2 is 1.85 bits per heavy atom. The minimum absolute atomic E-state index is 0.354. The minimum Gasteiger partial charge on any atom is -0.497 e. The molecule has 0 aliphatic carbocycles. The Kier molecular flexibility index (Phi) is 4.84. The molecule has 0 bridgehead atoms. The summed E-state index contributed by atoms with van der Waals surface area (Å²) in [5.41, 5.74) is 1.16. The Labute approximate surface area is 119 Å². The van der Waals surface area contributed by atoms with Crippen LogP contribution >= 0.6 is 0 Å². The molecule has 1 saturated heterocycles. The number of benzene rings is 1. The lowest BCUT2D eigenvalue weighted by Gasteiger charge is -2.38. The Morgan fingerprint density at radius 1 is 1.25 bits per heavy atom. The van der Waals surface area contributed by atoms with Crippen molar-refractivity contribution in [2.45, 2.75) is 19.4 Å². The van der Waals surface area contributed by atoms with Crippen LogP contribution in [0.2, 0.25) is 0 Å². The molecule has 20 heavy (non-hydrogen) atoms. The third-order valence-corrected chi connectivity index (χ3v) is 3.86. The maximum absolute atomic E-state index is 11.2. The lowest BCUT2D eigenvalue weighted by atomic mass is 10.1. The van der Waals surface area contributed by atoms with Crippen molar-refractivity contribution < 1.29 is 14.6 Å². The molecule has 110 valence electrons. The Morgan fingerprint density at radius 3 is 2.30 bits per heavy atom. The molecule has 5 heteroatoms. The van der Waals surface area contributed by atoms with Crippen molar-refractivity contribution in [3.05, 3.63) is 24.3 Å². The monoisotopic (exact) mass is 278 g/mol. The molecule has 1 atom stereocenters. The van der Waals surface area contributed by atoms with Crippen molar-refractivity contribution in [2.75, 3.05) is 38.2 Å². The number of hydrogen-bond donors (Lipinski definition) is 1. The van der Waals surface area contributed by atoms with Gasteiger partial charge in [-0.25, -0.2) is 0 Å². The second kappa shape index (κ2) is 6.61. The molecule has 1 aliphatic heterocycles. The molecular formula is C15H22N2O3. The zero-order valence-electron chi connectivity index (χ0n) is 12.1. The van der Waals surface area contributed by atoms with Gasteiger partial charge < -0.3 is 14.7 Å². The predicted octanol–water partition coefficient (Wildman–Crippen LogP) is 1.68. The number of carbonyl (C=O) groups is 1. The zero-order valence-corrected chi connectivity index (χ0v) is 12.1. The lowest BCUT2D eigenvalue weighted by molar-refractivity contribution is -0.143. The Hall–Kier alpha value is -1.75. The number of rotatable bonds is 5. The van der Waals surface area contributed by atoms with Gasteiger partial charge in [-0.2, -0.15) is 0 Å². The third-order valence-electron chi connectivity index (χ3n) is 3.86. The van der Waals surface area contributed by atoms with E-state index in [0.29, 0.717) is 6.42 Å². The fourth-order valence-electron chi connectivity index (χ4n) is 2.67. The van der Waals surface area contributed by atoms with Gasteiger partial charge in [0.05, 0.1) is 7.11 Å². The average molecular weight is 278 g/mol. The topological polar surface area (TPSA) is 53.0 Å². The van der Waals surface area contributed by atoms with Crippen LogP contribution in [-0.4, -0.2) is 55.3 Å². The average Bonchev–Trinajstić information content (AvgIpc) is 2.48. The number of nitrogens with zero attached hydrogens (tertiary/aromatic N) is 2. The van der Waals surface area contributed by atoms with Gasteiger partial charge in [0, 0.05) is 31.9 Å². The van der Waals surface area contributed by atoms with Gasteiger partial charge in [-0.15, -0.1) is 0 Å². The molecule has 1 aromatic rings. The van der Waals surface area contributed by atoms with E-state index in [9.17, 15) is 9.90 Å². The van der Waals surface area contributed by atoms with E-state index in [1.165, 1.54) is 0 Å². The summed E-state index contributed by atoms with van der Waals surface area (Å²) in [4.78, 5) is 15.5. The Bertz CT molecular complexity index is 439. The van der Waals surface area contributed by atoms with E-state index in [1.807, 2.05) is 31.2 Å². The molecule has 1 aromatic carbocycles. The zero-order chi connectivity index (χ0) is 14.5. The second-order valence-electron chi connectivity index (χ2n) is 4.98. The molecule has 1 fully saturated rings. The van der Waals surface area contributed by atoms with Gasteiger partial charge in [-0.05, 0) is 30.7 Å². The van der Waals surface area contributed by atoms with Crippen LogP contribution in [-0.2, 0) is 4.79 Å². The molecule has 0 radical (unpaired) electrons. The minimum atomic E-state index is -0.717. The van der Waals surface area contributed by atoms with Crippen LogP contribution in [0.25, 0.3) is 0 Å². The number of methoxy groups -OCH3 is 1. The Balaban J connectivity index is 1.94. The highest BCUT2D eigenvalue weighted by Gasteiger charge is 2.27. The van der Waals surface area contributed by atoms with Crippen LogP contribution in [0.4, 0.5) is 5.69 Å². The van der Waals surface area contributed by atoms with Crippen LogP contribution in [0.5, 0.6) is 5.75 Å². The van der Waals surface area contributed by atoms with Crippen LogP contribution in [0.3, 0.4) is 0 Å². The van der Waals surface area contributed by atoms with Gasteiger partial charge in [0.1, 0.15) is 11.8 Å². The predicted molar refractivity (Wildman–Crippen MR) is 78.5 cm³/mol. The summed E-state index contributed by atoms with van der Waals surface area (Å²) in [6, 6.07) is 7.64. The fraction of sp³-hybridized carbons (Fsp3) is 0.533. The van der Waals surface area contributed by atoms with Crippen molar-refractivity contribution in [3.63, 3.8) is 0 Å². The largest absolute Gasteiger partial charge is 0.497 e. The van der Waals surface area contributed by atoms with E-state index in [1.54, 1.807) is 7.11 Å². The fourth-order valence-corrected chi connectivity index (χ4v) is 2.67. The van der Waals surface area contributed by atoms with Crippen molar-refractivity contribution in [2.24, 2.45) is 0 Å². The smallest absolute Gasteiger partial charge is 0.320 e. The van der Waals surface area contributed by atoms with E-state index < -0.39 is 5.97 Å². The molecule has 0 spiro atoms. The summed E-state index contributed by atoms with van der Waals surface area (Å²) in [6.45, 7) is 5.22. The molecule has 0 aromatic heterocycles. The molecule has 2 rings (SSSR count). The summed E-state index contributed by atoms with van der Waals surface area (Å²) in [5.74, 6) is 0.134. The second-order valence-corrected chi connectivity index (χ2v) is 4.98. The van der Waals surface area contributed by atoms with Gasteiger partial charge in [-0.3, -0.25) is 9.69 Å². The summed E-state index contributed by atoms with van der Waals surface area (Å²) >= 11 is 0. The van der Waals surface area contributed by atoms with Crippen molar-refractivity contribution in [1.82, 2.24) is 4.90 Å². The van der Waals surface area contributed by atoms with E-state index in [-0.39, 0.29) is 6.04 Å². The SMILES string of the molecule is CC[C@H](C(=O)O)N1CCN(c2ccc(OC)cc2)CC1. The molecule has 0 unspecified atom stereocenters. The molecule has 1 aliphatic rings. The molecule has 0 saturated carbocycles. The molecule has 5 nitrogen and oxygen atoms in total. The number of hydrogen-bond acceptors (Lipinski definition) is 4. The summed E-state index contributed by atoms with van der Waals surface area (Å²) in [7, 11) is 1.66. The standard InChI is InChI=1S/C15H22N2O3/c1-3-14(15(18)19)17-10-8-16(9-11-17)12-4-6-13(20-2)7-5-12/h4-7,14H,3,8-11H2,1-2H3,(H,18,19)/t14-/m1/s1. The highest BCUT2D eigenvalue weighted by atomic mass is 16.5. The summed E-state index contributed by atoms with van der Waals surface area (Å²) < 4.78 is 5.15. The van der Waals surface area contributed by atoms with Gasteiger partial charge in [0.15, 0.2) is 0 Å². The van der Waals surface area contributed by atoms with Gasteiger partial charge in [0.25, 0.3) is 0 Å². The van der Waals surface area contributed by atoms with Crippen LogP contribution in [0, 0.1) is 0 Å². The first-order valence-electron chi connectivity index (χ1n) is 7.01. The first-order valence-corrected chi connectivity index (χ1v) is 7.01. The molecule has 0 amide bonds. The van der Waals surface area contributed by atoms with Crippen molar-refractivity contribution in [3.8, 4) is 5.75 Å². The highest BCUT2D eigenvalue weighted by molar-refractivity contribution is 5.73. The number of anilines is 1. The molecular weight excluding hydrogens is 256 g/mol. The van der Waals surface area contributed by atoms with E-state index in [2.05, 4.69) is 9.80 Å². The van der Waals surface area contributed by atoms with E-state index in [0.717, 1.165) is 37.6 Å². The third kappa shape index (κ3) is 3.22. The number of aliphatic carboxylic acids is 1. The van der Waals surface area contributed by atoms with Gasteiger partial charge in [-0.1, -0.05) is 6.92 Å². The quantitative estimate of drug-likeness (QED) is 0.888. The summed E-state index contributed by atoms with van der Waals surface area (Å²) in [5, 5.41) is 9.20. The number of carboxylic acid groups (broad SMARTS) is 1. The lowest BCUT2D eigenvalue weighted by Crippen LogP contribution is -2.52. The van der Waals surface area contributed by atoms with Crippen molar-refractivity contribution >= 4 is 11.7 Å². The maximum Gasteiger partial charge on any atom is 0.320 e. The molecule has 1 heterocycles. The van der Waals surface area contributed by atoms with E-state index in [4.69, 9.17) is 4.74 Å². The van der Waals surface area contributed by atoms with E-state index >= 15 is 0 Å². The first kappa shape index (κ1) is 14.7. The number of piperazine rings is 1. The normalized spacial score (nSPS) is 17.8. The summed E-state index contributed by atoms with van der Waals surface area (Å²) in [6.07, 6.45) is 0.651. The number of carboxylic acids is 1. The van der Waals surface area contributed by atoms with Crippen LogP contribution < -0.4 is 9.64 Å². The van der Waals surface area contributed by atoms with Gasteiger partial charge in [0.2, 0.25) is 0 Å². The van der Waals surface area contributed by atoms with Crippen molar-refractivity contribution in [1.29, 1.82) is 0 Å². The van der Waals surface area contributed by atoms with Crippen LogP contribution in [0.1, 0.15) is 13.3 Å². The van der Waals surface area contributed by atoms with Gasteiger partial charge >= 0.3 is 5.97 Å². The highest BCUT2D eigenvalue weighted by Crippen LogP contribution is 2.21. The van der Waals surface area contributed by atoms with Crippen LogP contribution in [0.15, 0.2) is 24.3 Å². The number of ether oxygens (including phenoxy) is 1. The maximum atomic E-state index is 11.2. The molecule has 1 N–H and O–H groups in total.